The number of benzene rings is 1. The van der Waals surface area contributed by atoms with E-state index in [1.165, 1.54) is 32.1 Å². The number of methoxy groups -OCH3 is 3. The van der Waals surface area contributed by atoms with E-state index < -0.39 is 5.97 Å². The van der Waals surface area contributed by atoms with Crippen molar-refractivity contribution in [1.29, 1.82) is 0 Å². The number of rotatable bonds is 7. The molecule has 28 heavy (non-hydrogen) atoms. The molecule has 3 rings (SSSR count). The lowest BCUT2D eigenvalue weighted by Crippen LogP contribution is -2.04. The molecule has 0 aliphatic rings. The summed E-state index contributed by atoms with van der Waals surface area (Å²) in [6, 6.07) is 6.55. The summed E-state index contributed by atoms with van der Waals surface area (Å²) in [6.45, 7) is 0. The van der Waals surface area contributed by atoms with E-state index in [1.54, 1.807) is 31.4 Å². The lowest BCUT2D eigenvalue weighted by Gasteiger charge is -2.14. The Hall–Kier alpha value is -3.82. The fraction of sp³-hybridized carbons (Fsp3) is 0.222. The number of nitrogens with one attached hydrogen (secondary N) is 1. The highest BCUT2D eigenvalue weighted by Gasteiger charge is 2.16. The van der Waals surface area contributed by atoms with Gasteiger partial charge in [-0.3, -0.25) is 4.68 Å². The fourth-order valence-corrected chi connectivity index (χ4v) is 2.64. The largest absolute Gasteiger partial charge is 0.493 e. The molecule has 0 radical (unpaired) electrons. The Bertz CT molecular complexity index is 992. The van der Waals surface area contributed by atoms with Crippen LogP contribution in [0.3, 0.4) is 0 Å². The van der Waals surface area contributed by atoms with Crippen LogP contribution in [0.4, 0.5) is 11.6 Å². The van der Waals surface area contributed by atoms with Gasteiger partial charge in [-0.25, -0.2) is 14.8 Å². The van der Waals surface area contributed by atoms with Gasteiger partial charge in [-0.05, 0) is 6.07 Å². The van der Waals surface area contributed by atoms with E-state index in [2.05, 4.69) is 20.4 Å². The third kappa shape index (κ3) is 3.65. The van der Waals surface area contributed by atoms with Crippen LogP contribution in [-0.2, 0) is 7.05 Å². The Morgan fingerprint density at radius 2 is 1.75 bits per heavy atom. The topological polar surface area (TPSA) is 121 Å². The molecule has 0 saturated carbocycles. The van der Waals surface area contributed by atoms with Crippen LogP contribution in [0.15, 0.2) is 30.5 Å². The van der Waals surface area contributed by atoms with Gasteiger partial charge >= 0.3 is 5.97 Å². The Balaban J connectivity index is 1.93. The van der Waals surface area contributed by atoms with E-state index in [0.717, 1.165) is 0 Å². The van der Waals surface area contributed by atoms with E-state index in [9.17, 15) is 9.90 Å². The number of aromatic nitrogens is 4. The number of carbonyl (C=O) groups is 1. The average molecular weight is 385 g/mol. The molecule has 0 bridgehead atoms. The third-order valence-electron chi connectivity index (χ3n) is 3.94. The second-order valence-electron chi connectivity index (χ2n) is 5.65. The van der Waals surface area contributed by atoms with Crippen LogP contribution in [0.2, 0.25) is 0 Å². The van der Waals surface area contributed by atoms with Gasteiger partial charge in [-0.2, -0.15) is 5.10 Å². The van der Waals surface area contributed by atoms with E-state index >= 15 is 0 Å². The van der Waals surface area contributed by atoms with Crippen LogP contribution in [0, 0.1) is 0 Å². The standard InChI is InChI=1S/C18H19N5O5/c1-23-13(17(24)25)9-12(22-23)11-5-6-19-18(21-11)20-10-7-14(26-2)16(28-4)15(8-10)27-3/h5-9H,1-4H3,(H,24,25)(H,19,20,21). The van der Waals surface area contributed by atoms with Gasteiger partial charge in [0.25, 0.3) is 0 Å². The first-order valence-corrected chi connectivity index (χ1v) is 8.14. The molecule has 0 spiro atoms. The molecular weight excluding hydrogens is 366 g/mol. The molecule has 0 aliphatic carbocycles. The Labute approximate surface area is 160 Å². The lowest BCUT2D eigenvalue weighted by atomic mass is 10.2. The zero-order valence-electron chi connectivity index (χ0n) is 15.8. The summed E-state index contributed by atoms with van der Waals surface area (Å²) in [5, 5.41) is 16.4. The summed E-state index contributed by atoms with van der Waals surface area (Å²) in [7, 11) is 6.14. The van der Waals surface area contributed by atoms with Gasteiger partial charge in [0, 0.05) is 37.1 Å². The number of nitrogens with zero attached hydrogens (tertiary/aromatic N) is 4. The maximum atomic E-state index is 11.2. The van der Waals surface area contributed by atoms with Crippen molar-refractivity contribution in [2.45, 2.75) is 0 Å². The zero-order valence-corrected chi connectivity index (χ0v) is 15.8. The SMILES string of the molecule is COc1cc(Nc2nccc(-c3cc(C(=O)O)n(C)n3)n2)cc(OC)c1OC. The smallest absolute Gasteiger partial charge is 0.354 e. The van der Waals surface area contributed by atoms with E-state index in [0.29, 0.717) is 40.3 Å². The maximum Gasteiger partial charge on any atom is 0.354 e. The number of anilines is 2. The first-order chi connectivity index (χ1) is 13.5. The van der Waals surface area contributed by atoms with Gasteiger partial charge in [0.1, 0.15) is 11.4 Å². The minimum Gasteiger partial charge on any atom is -0.493 e. The molecule has 0 amide bonds. The molecule has 3 aromatic rings. The molecule has 0 fully saturated rings. The summed E-state index contributed by atoms with van der Waals surface area (Å²) in [5.74, 6) is 0.674. The predicted molar refractivity (Wildman–Crippen MR) is 101 cm³/mol. The van der Waals surface area contributed by atoms with Crippen molar-refractivity contribution >= 4 is 17.6 Å². The highest BCUT2D eigenvalue weighted by atomic mass is 16.5. The van der Waals surface area contributed by atoms with Crippen LogP contribution < -0.4 is 19.5 Å². The first kappa shape index (κ1) is 19.0. The average Bonchev–Trinajstić information content (AvgIpc) is 3.09. The minimum atomic E-state index is -1.06. The zero-order chi connectivity index (χ0) is 20.3. The van der Waals surface area contributed by atoms with Crippen molar-refractivity contribution in [1.82, 2.24) is 19.7 Å². The highest BCUT2D eigenvalue weighted by molar-refractivity contribution is 5.87. The van der Waals surface area contributed by atoms with E-state index in [-0.39, 0.29) is 5.69 Å². The number of aromatic carboxylic acids is 1. The highest BCUT2D eigenvalue weighted by Crippen LogP contribution is 2.40. The summed E-state index contributed by atoms with van der Waals surface area (Å²) >= 11 is 0. The molecule has 0 aliphatic heterocycles. The molecule has 2 N–H and O–H groups in total. The van der Waals surface area contributed by atoms with Gasteiger partial charge in [0.2, 0.25) is 11.7 Å². The Morgan fingerprint density at radius 3 is 2.29 bits per heavy atom. The van der Waals surface area contributed by atoms with Crippen LogP contribution in [0.25, 0.3) is 11.4 Å². The molecule has 10 nitrogen and oxygen atoms in total. The number of ether oxygens (including phenoxy) is 3. The van der Waals surface area contributed by atoms with Gasteiger partial charge in [-0.15, -0.1) is 0 Å². The van der Waals surface area contributed by atoms with E-state index in [4.69, 9.17) is 14.2 Å². The van der Waals surface area contributed by atoms with Crippen LogP contribution in [0.1, 0.15) is 10.5 Å². The van der Waals surface area contributed by atoms with Crippen LogP contribution >= 0.6 is 0 Å². The number of hydrogen-bond acceptors (Lipinski definition) is 8. The molecule has 10 heteroatoms. The number of hydrogen-bond donors (Lipinski definition) is 2. The number of carboxylic acid groups (broad SMARTS) is 1. The van der Waals surface area contributed by atoms with E-state index in [1.807, 2.05) is 0 Å². The van der Waals surface area contributed by atoms with Crippen molar-refractivity contribution < 1.29 is 24.1 Å². The Morgan fingerprint density at radius 1 is 1.07 bits per heavy atom. The third-order valence-corrected chi connectivity index (χ3v) is 3.94. The molecule has 0 unspecified atom stereocenters. The molecule has 1 aromatic carbocycles. The van der Waals surface area contributed by atoms with Crippen molar-refractivity contribution in [3.8, 4) is 28.6 Å². The van der Waals surface area contributed by atoms with Gasteiger partial charge in [-0.1, -0.05) is 0 Å². The second kappa shape index (κ2) is 7.82. The summed E-state index contributed by atoms with van der Waals surface area (Å²) < 4.78 is 17.3. The fourth-order valence-electron chi connectivity index (χ4n) is 2.64. The molecule has 2 aromatic heterocycles. The molecule has 146 valence electrons. The van der Waals surface area contributed by atoms with Crippen molar-refractivity contribution in [3.05, 3.63) is 36.2 Å². The quantitative estimate of drug-likeness (QED) is 0.631. The minimum absolute atomic E-state index is 0.0627. The number of carboxylic acids is 1. The maximum absolute atomic E-state index is 11.2. The Kier molecular flexibility index (Phi) is 5.30. The summed E-state index contributed by atoms with van der Waals surface area (Å²) in [4.78, 5) is 19.8. The summed E-state index contributed by atoms with van der Waals surface area (Å²) in [6.07, 6.45) is 1.55. The van der Waals surface area contributed by atoms with Crippen LogP contribution in [0.5, 0.6) is 17.2 Å². The summed E-state index contributed by atoms with van der Waals surface area (Å²) in [5.41, 5.74) is 1.59. The predicted octanol–water partition coefficient (Wildman–Crippen LogP) is 2.34. The number of aryl methyl sites for hydroxylation is 1. The van der Waals surface area contributed by atoms with Crippen molar-refractivity contribution in [3.63, 3.8) is 0 Å². The second-order valence-corrected chi connectivity index (χ2v) is 5.65. The van der Waals surface area contributed by atoms with Crippen molar-refractivity contribution in [2.24, 2.45) is 7.05 Å². The molecule has 2 heterocycles. The molecule has 0 atom stereocenters. The van der Waals surface area contributed by atoms with Crippen molar-refractivity contribution in [2.75, 3.05) is 26.6 Å². The normalized spacial score (nSPS) is 10.4. The first-order valence-electron chi connectivity index (χ1n) is 8.14. The van der Waals surface area contributed by atoms with Gasteiger partial charge < -0.3 is 24.6 Å². The molecular formula is C18H19N5O5. The molecule has 0 saturated heterocycles. The van der Waals surface area contributed by atoms with Gasteiger partial charge in [0.15, 0.2) is 11.5 Å². The van der Waals surface area contributed by atoms with Crippen LogP contribution in [-0.4, -0.2) is 52.2 Å². The monoisotopic (exact) mass is 385 g/mol. The van der Waals surface area contributed by atoms with Gasteiger partial charge in [0.05, 0.1) is 27.0 Å². The lowest BCUT2D eigenvalue weighted by molar-refractivity contribution is 0.0685.